The van der Waals surface area contributed by atoms with Crippen LogP contribution in [0, 0.1) is 0 Å². The number of hydrogen-bond donors (Lipinski definition) is 3. The summed E-state index contributed by atoms with van der Waals surface area (Å²) in [6.45, 7) is 4.34. The number of rotatable bonds is 3. The van der Waals surface area contributed by atoms with Crippen molar-refractivity contribution in [2.45, 2.75) is 32.0 Å². The van der Waals surface area contributed by atoms with Crippen LogP contribution in [0.25, 0.3) is 0 Å². The molecule has 3 aliphatic heterocycles. The number of hydrogen-bond acceptors (Lipinski definition) is 6. The molecule has 4 rings (SSSR count). The fourth-order valence-corrected chi connectivity index (χ4v) is 2.41. The van der Waals surface area contributed by atoms with E-state index in [9.17, 15) is 0 Å². The van der Waals surface area contributed by atoms with Crippen LogP contribution in [0.3, 0.4) is 0 Å². The van der Waals surface area contributed by atoms with Crippen LogP contribution in [0.4, 0.5) is 5.69 Å². The molecule has 6 nitrogen and oxygen atoms in total. The molecule has 18 heavy (non-hydrogen) atoms. The molecule has 6 heteroatoms. The van der Waals surface area contributed by atoms with Crippen molar-refractivity contribution in [1.29, 1.82) is 0 Å². The predicted molar refractivity (Wildman–Crippen MR) is 71.2 cm³/mol. The van der Waals surface area contributed by atoms with Crippen molar-refractivity contribution in [3.63, 3.8) is 0 Å². The molecule has 2 atom stereocenters. The Kier molecular flexibility index (Phi) is 2.42. The van der Waals surface area contributed by atoms with Crippen molar-refractivity contribution >= 4 is 11.5 Å². The summed E-state index contributed by atoms with van der Waals surface area (Å²) in [5.41, 5.74) is 17.4. The van der Waals surface area contributed by atoms with Gasteiger partial charge in [0.15, 0.2) is 0 Å². The van der Waals surface area contributed by atoms with Gasteiger partial charge in [-0.15, -0.1) is 10.2 Å². The van der Waals surface area contributed by atoms with E-state index in [2.05, 4.69) is 36.5 Å². The molecular formula is C12H18N6. The molecule has 5 N–H and O–H groups in total. The number of nitrogens with zero attached hydrogens (tertiary/aromatic N) is 3. The quantitative estimate of drug-likeness (QED) is 0.728. The average Bonchev–Trinajstić information content (AvgIpc) is 2.83. The lowest BCUT2D eigenvalue weighted by Gasteiger charge is -2.46. The van der Waals surface area contributed by atoms with Crippen molar-refractivity contribution < 1.29 is 0 Å². The van der Waals surface area contributed by atoms with Gasteiger partial charge < -0.3 is 11.5 Å². The third kappa shape index (κ3) is 1.46. The molecule has 0 aliphatic carbocycles. The maximum atomic E-state index is 5.91. The van der Waals surface area contributed by atoms with Crippen LogP contribution < -0.4 is 16.9 Å². The first-order valence-electron chi connectivity index (χ1n) is 6.13. The molecule has 0 saturated carbocycles. The Labute approximate surface area is 106 Å². The van der Waals surface area contributed by atoms with Gasteiger partial charge in [0, 0.05) is 0 Å². The topological polar surface area (TPSA) is 82.9 Å². The lowest BCUT2D eigenvalue weighted by atomic mass is 10.0. The van der Waals surface area contributed by atoms with Gasteiger partial charge in [-0.05, 0) is 17.5 Å². The Hall–Kier alpha value is -1.79. The zero-order valence-electron chi connectivity index (χ0n) is 10.5. The van der Waals surface area contributed by atoms with Gasteiger partial charge in [-0.1, -0.05) is 32.0 Å². The van der Waals surface area contributed by atoms with Crippen LogP contribution in [0.2, 0.25) is 0 Å². The molecule has 1 saturated heterocycles. The van der Waals surface area contributed by atoms with Crippen molar-refractivity contribution in [2.75, 3.05) is 5.43 Å². The Bertz CT molecular complexity index is 497. The largest absolute Gasteiger partial charge is 0.384 e. The number of hydrazine groups is 2. The molecule has 2 bridgehead atoms. The normalized spacial score (nSPS) is 26.2. The van der Waals surface area contributed by atoms with E-state index in [-0.39, 0.29) is 12.2 Å². The molecule has 96 valence electrons. The summed E-state index contributed by atoms with van der Waals surface area (Å²) in [5.74, 6) is 1.02. The molecule has 1 aromatic carbocycles. The number of hydrazone groups is 1. The van der Waals surface area contributed by atoms with Crippen LogP contribution in [-0.2, 0) is 0 Å². The van der Waals surface area contributed by atoms with Crippen LogP contribution >= 0.6 is 0 Å². The van der Waals surface area contributed by atoms with Crippen molar-refractivity contribution in [3.05, 3.63) is 29.8 Å². The molecule has 3 heterocycles. The van der Waals surface area contributed by atoms with Gasteiger partial charge in [0.1, 0.15) is 18.0 Å². The van der Waals surface area contributed by atoms with E-state index in [1.54, 1.807) is 5.12 Å². The summed E-state index contributed by atoms with van der Waals surface area (Å²) >= 11 is 0. The number of nitrogens with one attached hydrogen (secondary N) is 1. The van der Waals surface area contributed by atoms with Gasteiger partial charge in [-0.2, -0.15) is 5.12 Å². The zero-order valence-corrected chi connectivity index (χ0v) is 10.5. The maximum absolute atomic E-state index is 5.91. The second kappa shape index (κ2) is 3.86. The standard InChI is InChI=1S/C12H18N6/c1-7(2)8-5-3-4-6-9(8)15-17-10-11(13)16-18(17)12(10)14/h3-7,10,12,15H,14H2,1-2H3,(H2,13,16). The smallest absolute Gasteiger partial charge is 0.147 e. The molecule has 3 aliphatic rings. The number of nitrogens with two attached hydrogens (primary N) is 2. The monoisotopic (exact) mass is 246 g/mol. The summed E-state index contributed by atoms with van der Waals surface area (Å²) in [4.78, 5) is 0. The van der Waals surface area contributed by atoms with Crippen LogP contribution in [0.5, 0.6) is 0 Å². The Morgan fingerprint density at radius 1 is 1.33 bits per heavy atom. The summed E-state index contributed by atoms with van der Waals surface area (Å²) in [7, 11) is 0. The second-order valence-electron chi connectivity index (χ2n) is 4.98. The zero-order chi connectivity index (χ0) is 12.9. The highest BCUT2D eigenvalue weighted by molar-refractivity contribution is 5.89. The van der Waals surface area contributed by atoms with E-state index in [1.807, 2.05) is 17.3 Å². The molecule has 2 unspecified atom stereocenters. The van der Waals surface area contributed by atoms with Crippen molar-refractivity contribution in [1.82, 2.24) is 10.2 Å². The average molecular weight is 246 g/mol. The van der Waals surface area contributed by atoms with E-state index in [1.165, 1.54) is 5.56 Å². The van der Waals surface area contributed by atoms with E-state index < -0.39 is 0 Å². The van der Waals surface area contributed by atoms with E-state index in [0.29, 0.717) is 11.8 Å². The van der Waals surface area contributed by atoms with Crippen LogP contribution in [-0.4, -0.2) is 28.3 Å². The van der Waals surface area contributed by atoms with Gasteiger partial charge in [0.05, 0.1) is 5.69 Å². The molecule has 1 fully saturated rings. The fraction of sp³-hybridized carbons (Fsp3) is 0.417. The van der Waals surface area contributed by atoms with Gasteiger partial charge in [-0.3, -0.25) is 5.43 Å². The van der Waals surface area contributed by atoms with Crippen molar-refractivity contribution in [3.8, 4) is 0 Å². The maximum Gasteiger partial charge on any atom is 0.147 e. The van der Waals surface area contributed by atoms with Gasteiger partial charge in [0.25, 0.3) is 0 Å². The molecular weight excluding hydrogens is 228 g/mol. The molecule has 1 aromatic rings. The van der Waals surface area contributed by atoms with E-state index >= 15 is 0 Å². The molecule has 0 aromatic heterocycles. The highest BCUT2D eigenvalue weighted by Crippen LogP contribution is 2.32. The Morgan fingerprint density at radius 2 is 2.06 bits per heavy atom. The summed E-state index contributed by atoms with van der Waals surface area (Å²) in [6.07, 6.45) is -0.135. The van der Waals surface area contributed by atoms with E-state index in [4.69, 9.17) is 11.5 Å². The number of benzene rings is 1. The minimum atomic E-state index is -0.135. The third-order valence-corrected chi connectivity index (χ3v) is 3.41. The summed E-state index contributed by atoms with van der Waals surface area (Å²) in [5, 5.41) is 7.72. The minimum Gasteiger partial charge on any atom is -0.384 e. The number of amidine groups is 1. The summed E-state index contributed by atoms with van der Waals surface area (Å²) < 4.78 is 0. The molecule has 0 amide bonds. The van der Waals surface area contributed by atoms with Crippen LogP contribution in [0.15, 0.2) is 29.4 Å². The second-order valence-corrected chi connectivity index (χ2v) is 4.98. The molecule has 0 radical (unpaired) electrons. The summed E-state index contributed by atoms with van der Waals surface area (Å²) in [6, 6.07) is 8.19. The SMILES string of the molecule is CC(C)c1ccccc1NN1C2C(N)=NN1C2N. The lowest BCUT2D eigenvalue weighted by Crippen LogP contribution is -2.72. The first-order valence-corrected chi connectivity index (χ1v) is 6.13. The minimum absolute atomic E-state index is 0.0368. The highest BCUT2D eigenvalue weighted by Gasteiger charge is 2.53. The first kappa shape index (κ1) is 11.3. The first-order chi connectivity index (χ1) is 8.59. The number of para-hydroxylation sites is 1. The van der Waals surface area contributed by atoms with Crippen molar-refractivity contribution in [2.24, 2.45) is 16.6 Å². The lowest BCUT2D eigenvalue weighted by molar-refractivity contribution is -0.143. The highest BCUT2D eigenvalue weighted by atomic mass is 16.0. The number of anilines is 1. The van der Waals surface area contributed by atoms with Gasteiger partial charge in [0.2, 0.25) is 0 Å². The van der Waals surface area contributed by atoms with Crippen LogP contribution in [0.1, 0.15) is 25.3 Å². The Morgan fingerprint density at radius 3 is 2.61 bits per heavy atom. The van der Waals surface area contributed by atoms with E-state index in [0.717, 1.165) is 5.69 Å². The predicted octanol–water partition coefficient (Wildman–Crippen LogP) is 0.609. The van der Waals surface area contributed by atoms with Gasteiger partial charge >= 0.3 is 0 Å². The Balaban J connectivity index is 1.80. The molecule has 0 spiro atoms. The third-order valence-electron chi connectivity index (χ3n) is 3.41. The fourth-order valence-electron chi connectivity index (χ4n) is 2.41. The van der Waals surface area contributed by atoms with Gasteiger partial charge in [-0.25, -0.2) is 0 Å².